The number of ether oxygens (including phenoxy) is 1. The molecule has 5 nitrogen and oxygen atoms in total. The molecule has 1 heterocycles. The van der Waals surface area contributed by atoms with Gasteiger partial charge in [0.1, 0.15) is 0 Å². The second kappa shape index (κ2) is 5.06. The van der Waals surface area contributed by atoms with Crippen LogP contribution in [0.5, 0.6) is 0 Å². The number of rotatable bonds is 4. The van der Waals surface area contributed by atoms with Gasteiger partial charge in [0.15, 0.2) is 0 Å². The molecular weight excluding hydrogens is 204 g/mol. The molecule has 1 fully saturated rings. The average molecular weight is 222 g/mol. The van der Waals surface area contributed by atoms with E-state index in [1.807, 2.05) is 6.92 Å². The summed E-state index contributed by atoms with van der Waals surface area (Å²) in [6, 6.07) is 0.0469. The number of methoxy groups -OCH3 is 1. The molecule has 84 valence electrons. The molecule has 1 aliphatic heterocycles. The van der Waals surface area contributed by atoms with Gasteiger partial charge in [-0.3, -0.25) is 0 Å². The van der Waals surface area contributed by atoms with Gasteiger partial charge in [-0.2, -0.15) is 4.31 Å². The minimum absolute atomic E-state index is 0.0469. The number of hydrogen-bond acceptors (Lipinski definition) is 4. The van der Waals surface area contributed by atoms with E-state index in [0.717, 1.165) is 13.1 Å². The fourth-order valence-electron chi connectivity index (χ4n) is 1.54. The van der Waals surface area contributed by atoms with Crippen LogP contribution in [-0.4, -0.2) is 57.9 Å². The molecule has 0 radical (unpaired) electrons. The maximum Gasteiger partial charge on any atom is 0.216 e. The molecule has 0 saturated carbocycles. The zero-order valence-corrected chi connectivity index (χ0v) is 9.51. The van der Waals surface area contributed by atoms with Gasteiger partial charge < -0.3 is 10.1 Å². The van der Waals surface area contributed by atoms with Crippen molar-refractivity contribution in [3.05, 3.63) is 0 Å². The Hall–Kier alpha value is -0.170. The number of sulfonamides is 1. The van der Waals surface area contributed by atoms with Crippen molar-refractivity contribution in [2.45, 2.75) is 13.0 Å². The Bertz CT molecular complexity index is 266. The Morgan fingerprint density at radius 1 is 1.57 bits per heavy atom. The molecule has 0 aromatic rings. The van der Waals surface area contributed by atoms with Gasteiger partial charge in [-0.25, -0.2) is 8.42 Å². The second-order valence-electron chi connectivity index (χ2n) is 3.47. The topological polar surface area (TPSA) is 58.6 Å². The van der Waals surface area contributed by atoms with E-state index in [1.54, 1.807) is 4.31 Å². The smallest absolute Gasteiger partial charge is 0.216 e. The zero-order chi connectivity index (χ0) is 10.6. The Morgan fingerprint density at radius 3 is 2.86 bits per heavy atom. The summed E-state index contributed by atoms with van der Waals surface area (Å²) in [5, 5.41) is 3.16. The third-order valence-electron chi connectivity index (χ3n) is 2.34. The molecule has 0 aromatic carbocycles. The van der Waals surface area contributed by atoms with Crippen molar-refractivity contribution in [1.29, 1.82) is 0 Å². The fourth-order valence-corrected chi connectivity index (χ4v) is 3.15. The summed E-state index contributed by atoms with van der Waals surface area (Å²) in [4.78, 5) is 0. The zero-order valence-electron chi connectivity index (χ0n) is 8.69. The standard InChI is InChI=1S/C8H18N2O3S/c1-8-7-9-3-4-10(8)14(11,12)6-5-13-2/h8-9H,3-7H2,1-2H3/t8-/m1/s1. The van der Waals surface area contributed by atoms with Gasteiger partial charge in [-0.1, -0.05) is 0 Å². The molecule has 1 atom stereocenters. The van der Waals surface area contributed by atoms with Gasteiger partial charge in [-0.05, 0) is 6.92 Å². The highest BCUT2D eigenvalue weighted by Gasteiger charge is 2.28. The molecule has 0 aliphatic carbocycles. The highest BCUT2D eigenvalue weighted by molar-refractivity contribution is 7.89. The predicted molar refractivity (Wildman–Crippen MR) is 54.7 cm³/mol. The first-order chi connectivity index (χ1) is 6.58. The van der Waals surface area contributed by atoms with Crippen LogP contribution in [0.15, 0.2) is 0 Å². The van der Waals surface area contributed by atoms with Crippen LogP contribution in [0, 0.1) is 0 Å². The summed E-state index contributed by atoms with van der Waals surface area (Å²) in [5.41, 5.74) is 0. The summed E-state index contributed by atoms with van der Waals surface area (Å²) in [5.74, 6) is 0.0772. The Labute approximate surface area is 85.5 Å². The van der Waals surface area contributed by atoms with Crippen LogP contribution >= 0.6 is 0 Å². The van der Waals surface area contributed by atoms with Gasteiger partial charge in [-0.15, -0.1) is 0 Å². The van der Waals surface area contributed by atoms with E-state index in [-0.39, 0.29) is 18.4 Å². The molecule has 1 aliphatic rings. The van der Waals surface area contributed by atoms with Crippen LogP contribution in [0.2, 0.25) is 0 Å². The summed E-state index contributed by atoms with van der Waals surface area (Å²) < 4.78 is 29.9. The monoisotopic (exact) mass is 222 g/mol. The molecule has 1 saturated heterocycles. The first-order valence-electron chi connectivity index (χ1n) is 4.77. The van der Waals surface area contributed by atoms with Gasteiger partial charge in [0.05, 0.1) is 12.4 Å². The van der Waals surface area contributed by atoms with Crippen molar-refractivity contribution >= 4 is 10.0 Å². The maximum absolute atomic E-state index is 11.8. The van der Waals surface area contributed by atoms with Crippen LogP contribution in [0.4, 0.5) is 0 Å². The number of hydrogen-bond donors (Lipinski definition) is 1. The fraction of sp³-hybridized carbons (Fsp3) is 1.00. The van der Waals surface area contributed by atoms with Crippen molar-refractivity contribution in [1.82, 2.24) is 9.62 Å². The molecule has 0 bridgehead atoms. The summed E-state index contributed by atoms with van der Waals surface area (Å²) in [6.07, 6.45) is 0. The van der Waals surface area contributed by atoms with Crippen molar-refractivity contribution in [3.8, 4) is 0 Å². The molecule has 0 amide bonds. The molecular formula is C8H18N2O3S. The van der Waals surface area contributed by atoms with Crippen LogP contribution in [0.25, 0.3) is 0 Å². The summed E-state index contributed by atoms with van der Waals surface area (Å²) in [6.45, 7) is 4.20. The molecule has 0 unspecified atom stereocenters. The number of nitrogens with one attached hydrogen (secondary N) is 1. The Balaban J connectivity index is 2.60. The third kappa shape index (κ3) is 2.91. The van der Waals surface area contributed by atoms with Gasteiger partial charge in [0.2, 0.25) is 10.0 Å². The van der Waals surface area contributed by atoms with E-state index in [0.29, 0.717) is 6.54 Å². The van der Waals surface area contributed by atoms with E-state index in [9.17, 15) is 8.42 Å². The van der Waals surface area contributed by atoms with Gasteiger partial charge in [0.25, 0.3) is 0 Å². The van der Waals surface area contributed by atoms with Crippen molar-refractivity contribution in [2.75, 3.05) is 39.1 Å². The van der Waals surface area contributed by atoms with E-state index < -0.39 is 10.0 Å². The maximum atomic E-state index is 11.8. The lowest BCUT2D eigenvalue weighted by Gasteiger charge is -2.32. The van der Waals surface area contributed by atoms with Gasteiger partial charge in [0, 0.05) is 32.8 Å². The molecule has 1 rings (SSSR count). The minimum atomic E-state index is -3.13. The molecule has 14 heavy (non-hydrogen) atoms. The minimum Gasteiger partial charge on any atom is -0.384 e. The lowest BCUT2D eigenvalue weighted by molar-refractivity contribution is 0.213. The van der Waals surface area contributed by atoms with E-state index in [4.69, 9.17) is 4.74 Å². The van der Waals surface area contributed by atoms with Crippen LogP contribution < -0.4 is 5.32 Å². The summed E-state index contributed by atoms with van der Waals surface area (Å²) >= 11 is 0. The SMILES string of the molecule is COCCS(=O)(=O)N1CCNC[C@H]1C. The number of nitrogens with zero attached hydrogens (tertiary/aromatic N) is 1. The van der Waals surface area contributed by atoms with E-state index >= 15 is 0 Å². The predicted octanol–water partition coefficient (Wildman–Crippen LogP) is -0.744. The van der Waals surface area contributed by atoms with Crippen molar-refractivity contribution in [2.24, 2.45) is 0 Å². The largest absolute Gasteiger partial charge is 0.384 e. The quantitative estimate of drug-likeness (QED) is 0.680. The van der Waals surface area contributed by atoms with E-state index in [1.165, 1.54) is 7.11 Å². The Kier molecular flexibility index (Phi) is 4.31. The van der Waals surface area contributed by atoms with Crippen LogP contribution in [0.1, 0.15) is 6.92 Å². The average Bonchev–Trinajstić information content (AvgIpc) is 2.15. The highest BCUT2D eigenvalue weighted by atomic mass is 32.2. The van der Waals surface area contributed by atoms with Crippen molar-refractivity contribution in [3.63, 3.8) is 0 Å². The van der Waals surface area contributed by atoms with Crippen LogP contribution in [-0.2, 0) is 14.8 Å². The second-order valence-corrected chi connectivity index (χ2v) is 5.51. The lowest BCUT2D eigenvalue weighted by atomic mass is 10.3. The normalized spacial score (nSPS) is 25.1. The molecule has 0 aromatic heterocycles. The molecule has 0 spiro atoms. The van der Waals surface area contributed by atoms with E-state index in [2.05, 4.69) is 5.32 Å². The number of piperazine rings is 1. The summed E-state index contributed by atoms with van der Waals surface area (Å²) in [7, 11) is -1.62. The van der Waals surface area contributed by atoms with Crippen molar-refractivity contribution < 1.29 is 13.2 Å². The first kappa shape index (κ1) is 11.9. The third-order valence-corrected chi connectivity index (χ3v) is 4.28. The molecule has 6 heteroatoms. The highest BCUT2D eigenvalue weighted by Crippen LogP contribution is 2.09. The van der Waals surface area contributed by atoms with Crippen LogP contribution in [0.3, 0.4) is 0 Å². The van der Waals surface area contributed by atoms with Gasteiger partial charge >= 0.3 is 0 Å². The Morgan fingerprint density at radius 2 is 2.29 bits per heavy atom. The molecule has 1 N–H and O–H groups in total. The first-order valence-corrected chi connectivity index (χ1v) is 6.38. The lowest BCUT2D eigenvalue weighted by Crippen LogP contribution is -2.53.